The number of nitrogens with one attached hydrogen (secondary N) is 1. The number of anilines is 2. The number of likely N-dealkylation sites (N-methyl/N-ethyl adjacent to an activating group) is 1. The molecule has 9 heteroatoms. The van der Waals surface area contributed by atoms with E-state index < -0.39 is 6.10 Å². The summed E-state index contributed by atoms with van der Waals surface area (Å²) in [6.07, 6.45) is 0.793. The summed E-state index contributed by atoms with van der Waals surface area (Å²) in [5.74, 6) is 0.0625. The normalized spacial score (nSPS) is 17.8. The van der Waals surface area contributed by atoms with Crippen molar-refractivity contribution in [2.45, 2.75) is 25.5 Å². The van der Waals surface area contributed by atoms with E-state index in [4.69, 9.17) is 10.00 Å². The van der Waals surface area contributed by atoms with E-state index in [1.807, 2.05) is 0 Å². The molecule has 1 fully saturated rings. The molecule has 1 saturated heterocycles. The SMILES string of the molecule is CN1CCc2nc(NC(=O)c3cccc(OC4CCN(c5ccc(C#N)cc5)C4=O)c3)sc2C1. The Bertz CT molecular complexity index is 1280. The molecule has 2 amide bonds. The van der Waals surface area contributed by atoms with Crippen LogP contribution in [0.2, 0.25) is 0 Å². The first-order valence-corrected chi connectivity index (χ1v) is 11.9. The van der Waals surface area contributed by atoms with Crippen molar-refractivity contribution >= 4 is 34.0 Å². The number of carbonyl (C=O) groups is 2. The van der Waals surface area contributed by atoms with Crippen LogP contribution in [0, 0.1) is 11.3 Å². The minimum Gasteiger partial charge on any atom is -0.480 e. The Morgan fingerprint density at radius 3 is 2.85 bits per heavy atom. The quantitative estimate of drug-likeness (QED) is 0.610. The van der Waals surface area contributed by atoms with Gasteiger partial charge in [-0.05, 0) is 49.5 Å². The number of rotatable bonds is 5. The van der Waals surface area contributed by atoms with E-state index in [2.05, 4.69) is 28.3 Å². The summed E-state index contributed by atoms with van der Waals surface area (Å²) in [6.45, 7) is 2.34. The van der Waals surface area contributed by atoms with Crippen molar-refractivity contribution in [2.75, 3.05) is 30.4 Å². The summed E-state index contributed by atoms with van der Waals surface area (Å²) in [6, 6.07) is 15.8. The predicted octanol–water partition coefficient (Wildman–Crippen LogP) is 3.44. The molecule has 34 heavy (non-hydrogen) atoms. The lowest BCUT2D eigenvalue weighted by Gasteiger charge is -2.20. The van der Waals surface area contributed by atoms with Gasteiger partial charge in [0.15, 0.2) is 11.2 Å². The molecule has 3 aromatic rings. The standard InChI is InChI=1S/C25H23N5O3S/c1-29-11-9-20-22(15-29)34-25(27-20)28-23(31)17-3-2-4-19(13-17)33-21-10-12-30(24(21)32)18-7-5-16(14-26)6-8-18/h2-8,13,21H,9-12,15H2,1H3,(H,27,28,31). The van der Waals surface area contributed by atoms with Crippen molar-refractivity contribution in [2.24, 2.45) is 0 Å². The average Bonchev–Trinajstić information content (AvgIpc) is 3.41. The largest absolute Gasteiger partial charge is 0.480 e. The van der Waals surface area contributed by atoms with Crippen LogP contribution in [0.15, 0.2) is 48.5 Å². The Labute approximate surface area is 201 Å². The fraction of sp³-hybridized carbons (Fsp3) is 0.280. The van der Waals surface area contributed by atoms with Gasteiger partial charge in [-0.25, -0.2) is 4.98 Å². The van der Waals surface area contributed by atoms with E-state index in [-0.39, 0.29) is 11.8 Å². The van der Waals surface area contributed by atoms with Crippen LogP contribution in [0.3, 0.4) is 0 Å². The number of carbonyl (C=O) groups excluding carboxylic acids is 2. The molecule has 8 nitrogen and oxygen atoms in total. The number of nitriles is 1. The van der Waals surface area contributed by atoms with Gasteiger partial charge in [0, 0.05) is 48.6 Å². The molecule has 5 rings (SSSR count). The van der Waals surface area contributed by atoms with Crippen molar-refractivity contribution in [3.05, 3.63) is 70.2 Å². The molecule has 0 bridgehead atoms. The molecule has 1 unspecified atom stereocenters. The zero-order chi connectivity index (χ0) is 23.7. The van der Waals surface area contributed by atoms with E-state index >= 15 is 0 Å². The molecule has 0 radical (unpaired) electrons. The predicted molar refractivity (Wildman–Crippen MR) is 129 cm³/mol. The van der Waals surface area contributed by atoms with E-state index in [9.17, 15) is 9.59 Å². The minimum absolute atomic E-state index is 0.141. The Kier molecular flexibility index (Phi) is 6.01. The summed E-state index contributed by atoms with van der Waals surface area (Å²) in [5.41, 5.74) is 2.78. The van der Waals surface area contributed by atoms with Gasteiger partial charge in [0.2, 0.25) is 0 Å². The third-order valence-corrected chi connectivity index (χ3v) is 6.98. The monoisotopic (exact) mass is 473 g/mol. The van der Waals surface area contributed by atoms with Crippen molar-refractivity contribution in [3.8, 4) is 11.8 Å². The third kappa shape index (κ3) is 4.51. The summed E-state index contributed by atoms with van der Waals surface area (Å²) >= 11 is 1.51. The van der Waals surface area contributed by atoms with Crippen molar-refractivity contribution in [1.29, 1.82) is 5.26 Å². The zero-order valence-electron chi connectivity index (χ0n) is 18.7. The molecule has 0 aliphatic carbocycles. The molecule has 1 N–H and O–H groups in total. The van der Waals surface area contributed by atoms with Crippen LogP contribution in [0.25, 0.3) is 0 Å². The molecule has 2 aromatic carbocycles. The average molecular weight is 474 g/mol. The van der Waals surface area contributed by atoms with E-state index in [0.29, 0.717) is 35.0 Å². The first-order valence-electron chi connectivity index (χ1n) is 11.1. The summed E-state index contributed by atoms with van der Waals surface area (Å²) < 4.78 is 5.96. The number of thiazole rings is 1. The number of amides is 2. The highest BCUT2D eigenvalue weighted by molar-refractivity contribution is 7.15. The number of hydrogen-bond acceptors (Lipinski definition) is 7. The van der Waals surface area contributed by atoms with Crippen LogP contribution < -0.4 is 15.0 Å². The number of benzene rings is 2. The second kappa shape index (κ2) is 9.25. The Morgan fingerprint density at radius 1 is 1.24 bits per heavy atom. The lowest BCUT2D eigenvalue weighted by Crippen LogP contribution is -2.32. The van der Waals surface area contributed by atoms with Crippen LogP contribution >= 0.6 is 11.3 Å². The molecular weight excluding hydrogens is 450 g/mol. The maximum atomic E-state index is 12.9. The number of nitrogens with zero attached hydrogens (tertiary/aromatic N) is 4. The Hall–Kier alpha value is -3.74. The number of hydrogen-bond donors (Lipinski definition) is 1. The van der Waals surface area contributed by atoms with E-state index in [0.717, 1.165) is 30.9 Å². The highest BCUT2D eigenvalue weighted by Crippen LogP contribution is 2.29. The summed E-state index contributed by atoms with van der Waals surface area (Å²) in [4.78, 5) is 35.4. The van der Waals surface area contributed by atoms with Gasteiger partial charge in [-0.2, -0.15) is 5.26 Å². The first kappa shape index (κ1) is 22.1. The van der Waals surface area contributed by atoms with E-state index in [1.54, 1.807) is 53.4 Å². The van der Waals surface area contributed by atoms with Gasteiger partial charge >= 0.3 is 0 Å². The maximum absolute atomic E-state index is 12.9. The fourth-order valence-electron chi connectivity index (χ4n) is 4.16. The Balaban J connectivity index is 1.24. The highest BCUT2D eigenvalue weighted by Gasteiger charge is 2.34. The van der Waals surface area contributed by atoms with Gasteiger partial charge in [-0.1, -0.05) is 6.07 Å². The Morgan fingerprint density at radius 2 is 2.06 bits per heavy atom. The molecule has 0 saturated carbocycles. The lowest BCUT2D eigenvalue weighted by molar-refractivity contribution is -0.122. The molecule has 3 heterocycles. The van der Waals surface area contributed by atoms with Gasteiger partial charge < -0.3 is 14.5 Å². The van der Waals surface area contributed by atoms with Crippen molar-refractivity contribution in [3.63, 3.8) is 0 Å². The maximum Gasteiger partial charge on any atom is 0.268 e. The molecule has 2 aliphatic heterocycles. The minimum atomic E-state index is -0.628. The van der Waals surface area contributed by atoms with Gasteiger partial charge in [0.05, 0.1) is 17.3 Å². The molecule has 172 valence electrons. The number of aromatic nitrogens is 1. The van der Waals surface area contributed by atoms with Crippen LogP contribution in [0.5, 0.6) is 5.75 Å². The van der Waals surface area contributed by atoms with Gasteiger partial charge in [0.1, 0.15) is 5.75 Å². The van der Waals surface area contributed by atoms with E-state index in [1.165, 1.54) is 16.2 Å². The van der Waals surface area contributed by atoms with Crippen LogP contribution in [0.1, 0.15) is 32.9 Å². The van der Waals surface area contributed by atoms with Crippen LogP contribution in [-0.2, 0) is 17.8 Å². The fourth-order valence-corrected chi connectivity index (χ4v) is 5.24. The third-order valence-electron chi connectivity index (χ3n) is 5.98. The second-order valence-corrected chi connectivity index (χ2v) is 9.49. The summed E-state index contributed by atoms with van der Waals surface area (Å²) in [5, 5.41) is 12.5. The molecule has 1 atom stereocenters. The smallest absolute Gasteiger partial charge is 0.268 e. The van der Waals surface area contributed by atoms with Crippen LogP contribution in [0.4, 0.5) is 10.8 Å². The van der Waals surface area contributed by atoms with Crippen LogP contribution in [-0.4, -0.2) is 47.9 Å². The molecule has 2 aliphatic rings. The van der Waals surface area contributed by atoms with Crippen molar-refractivity contribution in [1.82, 2.24) is 9.88 Å². The zero-order valence-corrected chi connectivity index (χ0v) is 19.5. The lowest BCUT2D eigenvalue weighted by atomic mass is 10.2. The summed E-state index contributed by atoms with van der Waals surface area (Å²) in [7, 11) is 2.07. The van der Waals surface area contributed by atoms with Gasteiger partial charge in [-0.3, -0.25) is 14.9 Å². The molecule has 0 spiro atoms. The van der Waals surface area contributed by atoms with Gasteiger partial charge in [0.25, 0.3) is 11.8 Å². The topological polar surface area (TPSA) is 98.6 Å². The van der Waals surface area contributed by atoms with Crippen molar-refractivity contribution < 1.29 is 14.3 Å². The molecular formula is C25H23N5O3S. The number of fused-ring (bicyclic) bond motifs is 1. The first-order chi connectivity index (χ1) is 16.5. The highest BCUT2D eigenvalue weighted by atomic mass is 32.1. The van der Waals surface area contributed by atoms with Gasteiger partial charge in [-0.15, -0.1) is 11.3 Å². The molecule has 1 aromatic heterocycles. The second-order valence-electron chi connectivity index (χ2n) is 8.40. The number of ether oxygens (including phenoxy) is 1.